The molecule has 0 spiro atoms. The van der Waals surface area contributed by atoms with Gasteiger partial charge in [0.2, 0.25) is 0 Å². The molecule has 0 N–H and O–H groups in total. The molecule has 0 amide bonds. The van der Waals surface area contributed by atoms with Gasteiger partial charge in [-0.1, -0.05) is 31.9 Å². The molecule has 1 fully saturated rings. The lowest BCUT2D eigenvalue weighted by Gasteiger charge is -2.35. The molecule has 1 rings (SSSR count). The number of alkyl halides is 2. The largest absolute Gasteiger partial charge is 0.229 e. The predicted octanol–water partition coefficient (Wildman–Crippen LogP) is 1.63. The molecular weight excluding hydrogens is 408 g/mol. The van der Waals surface area contributed by atoms with Gasteiger partial charge in [-0.2, -0.15) is 0 Å². The van der Waals surface area contributed by atoms with Crippen LogP contribution in [0.3, 0.4) is 0 Å². The molecule has 0 saturated carbocycles. The van der Waals surface area contributed by atoms with E-state index in [0.717, 1.165) is 0 Å². The summed E-state index contributed by atoms with van der Waals surface area (Å²) in [7, 11) is -5.97. The van der Waals surface area contributed by atoms with Crippen LogP contribution in [0.25, 0.3) is 0 Å². The Labute approximate surface area is 126 Å². The molecular formula is C10H18Br2O4S2. The number of hydrogen-bond acceptors (Lipinski definition) is 4. The summed E-state index contributed by atoms with van der Waals surface area (Å²) in [6.45, 7) is 0. The molecule has 1 saturated heterocycles. The second kappa shape index (κ2) is 6.10. The molecule has 1 heterocycles. The van der Waals surface area contributed by atoms with Crippen molar-refractivity contribution in [2.45, 2.75) is 12.8 Å². The summed E-state index contributed by atoms with van der Waals surface area (Å²) in [5.74, 6) is 0.524. The van der Waals surface area contributed by atoms with E-state index in [1.54, 1.807) is 0 Å². The van der Waals surface area contributed by atoms with E-state index >= 15 is 0 Å². The maximum atomic E-state index is 11.6. The summed E-state index contributed by atoms with van der Waals surface area (Å²) < 4.78 is 45.7. The van der Waals surface area contributed by atoms with Crippen molar-refractivity contribution in [2.75, 3.05) is 34.2 Å². The van der Waals surface area contributed by atoms with Gasteiger partial charge < -0.3 is 0 Å². The summed E-state index contributed by atoms with van der Waals surface area (Å²) in [5, 5.41) is 1.22. The molecule has 0 radical (unpaired) electrons. The number of rotatable bonds is 6. The highest BCUT2D eigenvalue weighted by Crippen LogP contribution is 2.42. The number of hydrogen-bond donors (Lipinski definition) is 0. The van der Waals surface area contributed by atoms with Gasteiger partial charge in [-0.3, -0.25) is 0 Å². The third-order valence-corrected chi connectivity index (χ3v) is 8.55. The van der Waals surface area contributed by atoms with Crippen molar-refractivity contribution in [3.8, 4) is 0 Å². The standard InChI is InChI=1S/C10H18Br2O4S2/c1-17(13,14)5-3-10(7-11,8-12)9-2-4-18(15,16)6-9/h9H,2-8H2,1H3. The lowest BCUT2D eigenvalue weighted by Crippen LogP contribution is -2.37. The molecule has 1 unspecified atom stereocenters. The van der Waals surface area contributed by atoms with E-state index in [9.17, 15) is 16.8 Å². The highest BCUT2D eigenvalue weighted by molar-refractivity contribution is 9.09. The summed E-state index contributed by atoms with van der Waals surface area (Å²) >= 11 is 6.86. The zero-order valence-electron chi connectivity index (χ0n) is 10.2. The minimum absolute atomic E-state index is 0.0306. The SMILES string of the molecule is CS(=O)(=O)CCC(CBr)(CBr)C1CCS(=O)(=O)C1. The Kier molecular flexibility index (Phi) is 5.73. The fraction of sp³-hybridized carbons (Fsp3) is 1.00. The van der Waals surface area contributed by atoms with Crippen LogP contribution in [0.1, 0.15) is 12.8 Å². The first-order valence-corrected chi connectivity index (χ1v) is 11.8. The van der Waals surface area contributed by atoms with E-state index in [4.69, 9.17) is 0 Å². The van der Waals surface area contributed by atoms with Gasteiger partial charge in [0, 0.05) is 16.9 Å². The van der Waals surface area contributed by atoms with Gasteiger partial charge in [-0.25, -0.2) is 16.8 Å². The summed E-state index contributed by atoms with van der Waals surface area (Å²) in [6.07, 6.45) is 2.33. The second-order valence-electron chi connectivity index (χ2n) is 5.11. The van der Waals surface area contributed by atoms with Crippen LogP contribution in [0.2, 0.25) is 0 Å². The van der Waals surface area contributed by atoms with Gasteiger partial charge in [0.1, 0.15) is 9.84 Å². The van der Waals surface area contributed by atoms with E-state index < -0.39 is 19.7 Å². The smallest absolute Gasteiger partial charge is 0.150 e. The first-order valence-electron chi connectivity index (χ1n) is 5.64. The highest BCUT2D eigenvalue weighted by Gasteiger charge is 2.43. The van der Waals surface area contributed by atoms with Gasteiger partial charge in [0.05, 0.1) is 17.3 Å². The first kappa shape index (κ1) is 16.9. The van der Waals surface area contributed by atoms with Crippen molar-refractivity contribution < 1.29 is 16.8 Å². The molecule has 1 atom stereocenters. The van der Waals surface area contributed by atoms with Crippen molar-refractivity contribution in [1.29, 1.82) is 0 Å². The molecule has 108 valence electrons. The lowest BCUT2D eigenvalue weighted by atomic mass is 9.76. The van der Waals surface area contributed by atoms with Gasteiger partial charge >= 0.3 is 0 Å². The molecule has 4 nitrogen and oxygen atoms in total. The van der Waals surface area contributed by atoms with E-state index in [0.29, 0.717) is 23.5 Å². The lowest BCUT2D eigenvalue weighted by molar-refractivity contribution is 0.246. The fourth-order valence-corrected chi connectivity index (χ4v) is 7.38. The van der Waals surface area contributed by atoms with E-state index in [-0.39, 0.29) is 28.6 Å². The number of sulfone groups is 2. The zero-order valence-corrected chi connectivity index (χ0v) is 15.0. The zero-order chi connectivity index (χ0) is 14.0. The number of halogens is 2. The van der Waals surface area contributed by atoms with Crippen LogP contribution in [0.4, 0.5) is 0 Å². The van der Waals surface area contributed by atoms with Crippen LogP contribution in [0, 0.1) is 11.3 Å². The minimum atomic E-state index is -3.03. The van der Waals surface area contributed by atoms with Crippen LogP contribution >= 0.6 is 31.9 Å². The molecule has 0 aromatic heterocycles. The topological polar surface area (TPSA) is 68.3 Å². The molecule has 1 aliphatic heterocycles. The summed E-state index contributed by atoms with van der Waals surface area (Å²) in [4.78, 5) is 0. The Morgan fingerprint density at radius 3 is 2.17 bits per heavy atom. The third-order valence-electron chi connectivity index (χ3n) is 3.60. The Hall–Kier alpha value is 0.860. The average molecular weight is 426 g/mol. The van der Waals surface area contributed by atoms with E-state index in [2.05, 4.69) is 31.9 Å². The van der Waals surface area contributed by atoms with Crippen molar-refractivity contribution in [3.05, 3.63) is 0 Å². The van der Waals surface area contributed by atoms with Crippen LogP contribution in [0.15, 0.2) is 0 Å². The molecule has 8 heteroatoms. The fourth-order valence-electron chi connectivity index (χ4n) is 2.26. The van der Waals surface area contributed by atoms with Crippen molar-refractivity contribution in [1.82, 2.24) is 0 Å². The summed E-state index contributed by atoms with van der Waals surface area (Å²) in [6, 6.07) is 0. The van der Waals surface area contributed by atoms with E-state index in [1.807, 2.05) is 0 Å². The monoisotopic (exact) mass is 424 g/mol. The maximum Gasteiger partial charge on any atom is 0.150 e. The van der Waals surface area contributed by atoms with Crippen LogP contribution in [-0.2, 0) is 19.7 Å². The average Bonchev–Trinajstić information content (AvgIpc) is 2.60. The Bertz CT molecular complexity index is 480. The second-order valence-corrected chi connectivity index (χ2v) is 10.7. The van der Waals surface area contributed by atoms with Crippen LogP contribution < -0.4 is 0 Å². The highest BCUT2D eigenvalue weighted by atomic mass is 79.9. The van der Waals surface area contributed by atoms with Crippen LogP contribution in [0.5, 0.6) is 0 Å². The molecule has 0 aromatic carbocycles. The van der Waals surface area contributed by atoms with Gasteiger partial charge in [0.15, 0.2) is 9.84 Å². The molecule has 0 aliphatic carbocycles. The van der Waals surface area contributed by atoms with Crippen molar-refractivity contribution in [3.63, 3.8) is 0 Å². The predicted molar refractivity (Wildman–Crippen MR) is 81.1 cm³/mol. The molecule has 18 heavy (non-hydrogen) atoms. The maximum absolute atomic E-state index is 11.6. The molecule has 0 aromatic rings. The van der Waals surface area contributed by atoms with Gasteiger partial charge in [-0.05, 0) is 24.2 Å². The normalized spacial score (nSPS) is 24.3. The first-order chi connectivity index (χ1) is 8.14. The van der Waals surface area contributed by atoms with Gasteiger partial charge in [-0.15, -0.1) is 0 Å². The van der Waals surface area contributed by atoms with Crippen molar-refractivity contribution >= 4 is 51.5 Å². The van der Waals surface area contributed by atoms with Crippen LogP contribution in [-0.4, -0.2) is 51.0 Å². The Morgan fingerprint density at radius 2 is 1.83 bits per heavy atom. The van der Waals surface area contributed by atoms with Crippen molar-refractivity contribution in [2.24, 2.45) is 11.3 Å². The molecule has 0 bridgehead atoms. The van der Waals surface area contributed by atoms with E-state index in [1.165, 1.54) is 6.26 Å². The Balaban J connectivity index is 2.87. The third kappa shape index (κ3) is 4.45. The van der Waals surface area contributed by atoms with Gasteiger partial charge in [0.25, 0.3) is 0 Å². The molecule has 1 aliphatic rings. The summed E-state index contributed by atoms with van der Waals surface area (Å²) in [5.41, 5.74) is -0.299. The quantitative estimate of drug-likeness (QED) is 0.606. The minimum Gasteiger partial charge on any atom is -0.229 e. The Morgan fingerprint density at radius 1 is 1.28 bits per heavy atom.